The normalized spacial score (nSPS) is 12.2. The number of aromatic nitrogens is 2. The Balaban J connectivity index is 1.39. The van der Waals surface area contributed by atoms with Crippen LogP contribution >= 0.6 is 0 Å². The highest BCUT2D eigenvalue weighted by Gasteiger charge is 2.22. The fourth-order valence-electron chi connectivity index (χ4n) is 4.58. The number of fused-ring (bicyclic) bond motifs is 2. The number of aromatic amines is 2. The van der Waals surface area contributed by atoms with Gasteiger partial charge in [-0.25, -0.2) is 4.39 Å². The van der Waals surface area contributed by atoms with Crippen LogP contribution in [0.15, 0.2) is 54.9 Å². The van der Waals surface area contributed by atoms with E-state index < -0.39 is 6.04 Å². The molecule has 0 fully saturated rings. The van der Waals surface area contributed by atoms with Crippen molar-refractivity contribution in [3.63, 3.8) is 0 Å². The Labute approximate surface area is 210 Å². The van der Waals surface area contributed by atoms with Gasteiger partial charge in [0, 0.05) is 53.6 Å². The summed E-state index contributed by atoms with van der Waals surface area (Å²) in [6.07, 6.45) is 8.70. The van der Waals surface area contributed by atoms with Crippen LogP contribution in [-0.4, -0.2) is 40.9 Å². The maximum Gasteiger partial charge on any atom is 0.242 e. The number of halogens is 1. The van der Waals surface area contributed by atoms with Gasteiger partial charge >= 0.3 is 0 Å². The Bertz CT molecular complexity index is 1310. The Kier molecular flexibility index (Phi) is 8.73. The predicted octanol–water partition coefficient (Wildman–Crippen LogP) is 4.08. The van der Waals surface area contributed by atoms with Gasteiger partial charge in [-0.15, -0.1) is 0 Å². The minimum atomic E-state index is -0.693. The van der Waals surface area contributed by atoms with Gasteiger partial charge in [0.25, 0.3) is 0 Å². The molecule has 0 radical (unpaired) electrons. The zero-order valence-electron chi connectivity index (χ0n) is 20.4. The van der Waals surface area contributed by atoms with Gasteiger partial charge < -0.3 is 26.3 Å². The van der Waals surface area contributed by atoms with E-state index in [0.29, 0.717) is 32.4 Å². The molecule has 0 spiro atoms. The predicted molar refractivity (Wildman–Crippen MR) is 141 cm³/mol. The molecule has 1 unspecified atom stereocenters. The molecule has 2 heterocycles. The minimum absolute atomic E-state index is 0.130. The average Bonchev–Trinajstić information content (AvgIpc) is 3.47. The molecule has 2 aromatic heterocycles. The first-order chi connectivity index (χ1) is 17.5. The maximum atomic E-state index is 13.7. The van der Waals surface area contributed by atoms with Crippen molar-refractivity contribution in [3.8, 4) is 0 Å². The Morgan fingerprint density at radius 3 is 2.50 bits per heavy atom. The first kappa shape index (κ1) is 25.4. The number of rotatable bonds is 13. The van der Waals surface area contributed by atoms with Crippen LogP contribution in [0.4, 0.5) is 4.39 Å². The van der Waals surface area contributed by atoms with Crippen LogP contribution in [0.5, 0.6) is 0 Å². The van der Waals surface area contributed by atoms with Crippen LogP contribution < -0.4 is 16.4 Å². The molecule has 4 aromatic rings. The summed E-state index contributed by atoms with van der Waals surface area (Å²) in [6, 6.07) is 11.8. The molecule has 6 N–H and O–H groups in total. The van der Waals surface area contributed by atoms with Gasteiger partial charge in [0.2, 0.25) is 11.8 Å². The van der Waals surface area contributed by atoms with E-state index >= 15 is 0 Å². The van der Waals surface area contributed by atoms with Gasteiger partial charge in [0.15, 0.2) is 0 Å². The molecule has 7 nitrogen and oxygen atoms in total. The van der Waals surface area contributed by atoms with Crippen molar-refractivity contribution < 1.29 is 14.0 Å². The zero-order valence-corrected chi connectivity index (χ0v) is 20.4. The summed E-state index contributed by atoms with van der Waals surface area (Å²) < 4.78 is 13.7. The summed E-state index contributed by atoms with van der Waals surface area (Å²) in [5.74, 6) is -0.658. The maximum absolute atomic E-state index is 13.7. The molecule has 0 aliphatic rings. The van der Waals surface area contributed by atoms with Crippen molar-refractivity contribution in [2.24, 2.45) is 5.73 Å². The fraction of sp³-hybridized carbons (Fsp3) is 0.357. The van der Waals surface area contributed by atoms with E-state index in [1.807, 2.05) is 36.7 Å². The molecule has 36 heavy (non-hydrogen) atoms. The number of para-hydroxylation sites is 1. The second-order valence-corrected chi connectivity index (χ2v) is 9.18. The second kappa shape index (κ2) is 12.4. The Hall–Kier alpha value is -3.65. The zero-order chi connectivity index (χ0) is 25.3. The van der Waals surface area contributed by atoms with Crippen LogP contribution in [0.25, 0.3) is 21.8 Å². The lowest BCUT2D eigenvalue weighted by atomic mass is 10.0. The third-order valence-corrected chi connectivity index (χ3v) is 6.53. The summed E-state index contributed by atoms with van der Waals surface area (Å²) in [6.45, 7) is 1.04. The summed E-state index contributed by atoms with van der Waals surface area (Å²) in [5, 5.41) is 7.75. The summed E-state index contributed by atoms with van der Waals surface area (Å²) in [4.78, 5) is 32.2. The first-order valence-electron chi connectivity index (χ1n) is 12.6. The molecular formula is C28H34FN5O2. The summed E-state index contributed by atoms with van der Waals surface area (Å²) in [5.41, 5.74) is 9.28. The molecule has 4 rings (SSSR count). The van der Waals surface area contributed by atoms with Crippen molar-refractivity contribution in [3.05, 3.63) is 71.8 Å². The molecule has 8 heteroatoms. The average molecular weight is 492 g/mol. The number of benzene rings is 2. The molecule has 0 aliphatic heterocycles. The van der Waals surface area contributed by atoms with E-state index in [0.717, 1.165) is 58.6 Å². The number of carbonyl (C=O) groups is 2. The van der Waals surface area contributed by atoms with Gasteiger partial charge in [-0.05, 0) is 61.2 Å². The van der Waals surface area contributed by atoms with Gasteiger partial charge in [-0.3, -0.25) is 9.59 Å². The third kappa shape index (κ3) is 6.51. The lowest BCUT2D eigenvalue weighted by Crippen LogP contribution is -2.48. The topological polar surface area (TPSA) is 116 Å². The van der Waals surface area contributed by atoms with Crippen LogP contribution in [0, 0.1) is 5.82 Å². The van der Waals surface area contributed by atoms with Crippen molar-refractivity contribution in [2.45, 2.75) is 51.0 Å². The summed E-state index contributed by atoms with van der Waals surface area (Å²) >= 11 is 0. The second-order valence-electron chi connectivity index (χ2n) is 9.18. The monoisotopic (exact) mass is 491 g/mol. The highest BCUT2D eigenvalue weighted by molar-refractivity contribution is 5.89. The molecule has 0 aliphatic carbocycles. The van der Waals surface area contributed by atoms with Gasteiger partial charge in [0.05, 0.1) is 0 Å². The summed E-state index contributed by atoms with van der Waals surface area (Å²) in [7, 11) is 0. The fourth-order valence-corrected chi connectivity index (χ4v) is 4.58. The SMILES string of the molecule is NCCCCCCC(=O)NC(Cc1c[nH]c2ccccc12)C(=O)NCCc1c[nH]c2ccc(F)cc12. The van der Waals surface area contributed by atoms with Gasteiger partial charge in [-0.2, -0.15) is 0 Å². The molecule has 0 saturated carbocycles. The van der Waals surface area contributed by atoms with Crippen molar-refractivity contribution >= 4 is 33.6 Å². The van der Waals surface area contributed by atoms with Crippen molar-refractivity contribution in [1.29, 1.82) is 0 Å². The van der Waals surface area contributed by atoms with Crippen LogP contribution in [-0.2, 0) is 22.4 Å². The standard InChI is InChI=1S/C28H34FN5O2/c29-21-10-11-25-23(16-21)19(17-32-25)12-14-31-28(36)26(34-27(35)9-3-1-2-6-13-30)15-20-18-33-24-8-5-4-7-22(20)24/h4-5,7-8,10-11,16-18,26,32-33H,1-3,6,9,12-15,30H2,(H,31,36)(H,34,35). The Morgan fingerprint density at radius 1 is 0.917 bits per heavy atom. The van der Waals surface area contributed by atoms with E-state index in [1.165, 1.54) is 12.1 Å². The number of nitrogens with one attached hydrogen (secondary N) is 4. The molecule has 0 bridgehead atoms. The number of H-pyrrole nitrogens is 2. The number of amides is 2. The van der Waals surface area contributed by atoms with Gasteiger partial charge in [-0.1, -0.05) is 31.0 Å². The quantitative estimate of drug-likeness (QED) is 0.181. The number of carbonyl (C=O) groups excluding carboxylic acids is 2. The van der Waals surface area contributed by atoms with Crippen molar-refractivity contribution in [2.75, 3.05) is 13.1 Å². The van der Waals surface area contributed by atoms with Crippen molar-refractivity contribution in [1.82, 2.24) is 20.6 Å². The largest absolute Gasteiger partial charge is 0.361 e. The lowest BCUT2D eigenvalue weighted by molar-refractivity contribution is -0.129. The highest BCUT2D eigenvalue weighted by Crippen LogP contribution is 2.21. The first-order valence-corrected chi connectivity index (χ1v) is 12.6. The van der Waals surface area contributed by atoms with E-state index in [2.05, 4.69) is 20.6 Å². The minimum Gasteiger partial charge on any atom is -0.361 e. The smallest absolute Gasteiger partial charge is 0.242 e. The number of nitrogens with two attached hydrogens (primary N) is 1. The molecule has 1 atom stereocenters. The Morgan fingerprint density at radius 2 is 1.67 bits per heavy atom. The molecule has 0 saturated heterocycles. The van der Waals surface area contributed by atoms with E-state index in [-0.39, 0.29) is 17.6 Å². The number of hydrogen-bond donors (Lipinski definition) is 5. The lowest BCUT2D eigenvalue weighted by Gasteiger charge is -2.18. The van der Waals surface area contributed by atoms with E-state index in [9.17, 15) is 14.0 Å². The molecular weight excluding hydrogens is 457 g/mol. The third-order valence-electron chi connectivity index (χ3n) is 6.53. The molecule has 2 aromatic carbocycles. The molecule has 2 amide bonds. The number of unbranched alkanes of at least 4 members (excludes halogenated alkanes) is 3. The van der Waals surface area contributed by atoms with Crippen LogP contribution in [0.1, 0.15) is 43.2 Å². The number of hydrogen-bond acceptors (Lipinski definition) is 3. The van der Waals surface area contributed by atoms with E-state index in [1.54, 1.807) is 6.07 Å². The van der Waals surface area contributed by atoms with E-state index in [4.69, 9.17) is 5.73 Å². The van der Waals surface area contributed by atoms with Crippen LogP contribution in [0.2, 0.25) is 0 Å². The highest BCUT2D eigenvalue weighted by atomic mass is 19.1. The molecule has 190 valence electrons. The van der Waals surface area contributed by atoms with Crippen LogP contribution in [0.3, 0.4) is 0 Å². The van der Waals surface area contributed by atoms with Gasteiger partial charge in [0.1, 0.15) is 11.9 Å².